The SMILES string of the molecule is C#Cc1ccc2[nH]cc3c2c1[C@H]1C[C@H](NC(=O)N(CC)CC)CN(C)[C@@H]1C3. The molecule has 0 unspecified atom stereocenters. The second-order valence-electron chi connectivity index (χ2n) is 7.78. The number of rotatable bonds is 3. The Hall–Kier alpha value is -2.45. The first-order valence-corrected chi connectivity index (χ1v) is 9.92. The van der Waals surface area contributed by atoms with Gasteiger partial charge >= 0.3 is 6.03 Å². The molecule has 4 rings (SSSR count). The summed E-state index contributed by atoms with van der Waals surface area (Å²) in [4.78, 5) is 20.2. The van der Waals surface area contributed by atoms with E-state index >= 15 is 0 Å². The second kappa shape index (κ2) is 6.94. The molecule has 1 aromatic heterocycles. The number of aromatic nitrogens is 1. The van der Waals surface area contributed by atoms with Crippen molar-refractivity contribution in [2.24, 2.45) is 0 Å². The molecule has 1 fully saturated rings. The van der Waals surface area contributed by atoms with Gasteiger partial charge in [0, 0.05) is 60.3 Å². The van der Waals surface area contributed by atoms with Crippen LogP contribution < -0.4 is 5.32 Å². The summed E-state index contributed by atoms with van der Waals surface area (Å²) in [5.41, 5.74) is 4.79. The molecule has 0 spiro atoms. The summed E-state index contributed by atoms with van der Waals surface area (Å²) >= 11 is 0. The molecule has 0 bridgehead atoms. The number of carbonyl (C=O) groups excluding carboxylic acids is 1. The summed E-state index contributed by atoms with van der Waals surface area (Å²) in [7, 11) is 2.17. The molecule has 27 heavy (non-hydrogen) atoms. The van der Waals surface area contributed by atoms with Crippen LogP contribution >= 0.6 is 0 Å². The van der Waals surface area contributed by atoms with Crippen molar-refractivity contribution in [2.45, 2.75) is 44.7 Å². The quantitative estimate of drug-likeness (QED) is 0.823. The highest BCUT2D eigenvalue weighted by Crippen LogP contribution is 2.44. The van der Waals surface area contributed by atoms with Crippen molar-refractivity contribution in [1.29, 1.82) is 0 Å². The van der Waals surface area contributed by atoms with Gasteiger partial charge in [-0.3, -0.25) is 0 Å². The van der Waals surface area contributed by atoms with E-state index in [9.17, 15) is 4.79 Å². The first-order valence-electron chi connectivity index (χ1n) is 9.92. The lowest BCUT2D eigenvalue weighted by Gasteiger charge is -2.46. The number of terminal acetylenes is 1. The van der Waals surface area contributed by atoms with Crippen LogP contribution in [0.25, 0.3) is 10.9 Å². The Kier molecular flexibility index (Phi) is 4.61. The number of aromatic amines is 1. The summed E-state index contributed by atoms with van der Waals surface area (Å²) in [6.45, 7) is 6.35. The molecule has 1 aromatic carbocycles. The zero-order valence-electron chi connectivity index (χ0n) is 16.4. The van der Waals surface area contributed by atoms with E-state index in [1.807, 2.05) is 18.7 Å². The minimum atomic E-state index is 0.0328. The Labute approximate surface area is 161 Å². The average Bonchev–Trinajstić information content (AvgIpc) is 3.07. The third-order valence-corrected chi connectivity index (χ3v) is 6.38. The number of nitrogens with zero attached hydrogens (tertiary/aromatic N) is 2. The molecule has 0 radical (unpaired) electrons. The van der Waals surface area contributed by atoms with E-state index in [0.29, 0.717) is 12.0 Å². The van der Waals surface area contributed by atoms with Crippen LogP contribution in [-0.2, 0) is 6.42 Å². The molecule has 2 N–H and O–H groups in total. The van der Waals surface area contributed by atoms with Gasteiger partial charge in [-0.25, -0.2) is 4.79 Å². The maximum absolute atomic E-state index is 12.6. The minimum absolute atomic E-state index is 0.0328. The first-order chi connectivity index (χ1) is 13.1. The van der Waals surface area contributed by atoms with Gasteiger partial charge in [-0.15, -0.1) is 6.42 Å². The Morgan fingerprint density at radius 3 is 2.89 bits per heavy atom. The first kappa shape index (κ1) is 17.9. The van der Waals surface area contributed by atoms with Crippen LogP contribution in [0, 0.1) is 12.3 Å². The van der Waals surface area contributed by atoms with Crippen LogP contribution in [0.1, 0.15) is 42.9 Å². The van der Waals surface area contributed by atoms with Crippen molar-refractivity contribution in [1.82, 2.24) is 20.1 Å². The van der Waals surface area contributed by atoms with Crippen molar-refractivity contribution in [3.8, 4) is 12.3 Å². The normalized spacial score (nSPS) is 24.3. The number of fused-ring (bicyclic) bond motifs is 2. The van der Waals surface area contributed by atoms with Crippen molar-refractivity contribution >= 4 is 16.9 Å². The molecule has 1 saturated heterocycles. The number of urea groups is 1. The number of piperidine rings is 1. The van der Waals surface area contributed by atoms with Gasteiger partial charge in [0.1, 0.15) is 0 Å². The van der Waals surface area contributed by atoms with Crippen LogP contribution in [0.2, 0.25) is 0 Å². The van der Waals surface area contributed by atoms with Gasteiger partial charge in [0.2, 0.25) is 0 Å². The highest BCUT2D eigenvalue weighted by atomic mass is 16.2. The monoisotopic (exact) mass is 364 g/mol. The predicted molar refractivity (Wildman–Crippen MR) is 109 cm³/mol. The van der Waals surface area contributed by atoms with Gasteiger partial charge in [-0.2, -0.15) is 0 Å². The van der Waals surface area contributed by atoms with Crippen molar-refractivity contribution in [3.05, 3.63) is 35.0 Å². The highest BCUT2D eigenvalue weighted by Gasteiger charge is 2.41. The average molecular weight is 364 g/mol. The number of likely N-dealkylation sites (tertiary alicyclic amines) is 1. The minimum Gasteiger partial charge on any atom is -0.361 e. The van der Waals surface area contributed by atoms with Crippen LogP contribution in [0.5, 0.6) is 0 Å². The summed E-state index contributed by atoms with van der Waals surface area (Å²) in [6, 6.07) is 4.73. The molecule has 1 aliphatic carbocycles. The van der Waals surface area contributed by atoms with E-state index in [4.69, 9.17) is 6.42 Å². The number of amides is 2. The Morgan fingerprint density at radius 1 is 1.41 bits per heavy atom. The number of benzene rings is 1. The third kappa shape index (κ3) is 2.89. The maximum atomic E-state index is 12.6. The summed E-state index contributed by atoms with van der Waals surface area (Å²) < 4.78 is 0. The molecular formula is C22H28N4O. The molecule has 2 heterocycles. The van der Waals surface area contributed by atoms with E-state index in [0.717, 1.165) is 43.6 Å². The molecule has 2 aromatic rings. The van der Waals surface area contributed by atoms with E-state index in [2.05, 4.69) is 46.5 Å². The molecular weight excluding hydrogens is 336 g/mol. The molecule has 1 aliphatic heterocycles. The van der Waals surface area contributed by atoms with Crippen LogP contribution in [0.15, 0.2) is 18.3 Å². The van der Waals surface area contributed by atoms with Gasteiger partial charge in [0.05, 0.1) is 0 Å². The fraction of sp³-hybridized carbons (Fsp3) is 0.500. The van der Waals surface area contributed by atoms with Gasteiger partial charge < -0.3 is 20.1 Å². The van der Waals surface area contributed by atoms with Crippen molar-refractivity contribution < 1.29 is 4.79 Å². The Morgan fingerprint density at radius 2 is 2.19 bits per heavy atom. The van der Waals surface area contributed by atoms with Crippen LogP contribution in [0.4, 0.5) is 4.79 Å². The maximum Gasteiger partial charge on any atom is 0.317 e. The van der Waals surface area contributed by atoms with Crippen LogP contribution in [-0.4, -0.2) is 59.6 Å². The van der Waals surface area contributed by atoms with E-state index < -0.39 is 0 Å². The van der Waals surface area contributed by atoms with Crippen LogP contribution in [0.3, 0.4) is 0 Å². The zero-order chi connectivity index (χ0) is 19.1. The smallest absolute Gasteiger partial charge is 0.317 e. The molecule has 142 valence electrons. The van der Waals surface area contributed by atoms with E-state index in [-0.39, 0.29) is 12.1 Å². The lowest BCUT2D eigenvalue weighted by molar-refractivity contribution is 0.124. The topological polar surface area (TPSA) is 51.4 Å². The third-order valence-electron chi connectivity index (χ3n) is 6.38. The Balaban J connectivity index is 1.68. The lowest BCUT2D eigenvalue weighted by Crippen LogP contribution is -2.56. The highest BCUT2D eigenvalue weighted by molar-refractivity contribution is 5.90. The molecule has 3 atom stereocenters. The summed E-state index contributed by atoms with van der Waals surface area (Å²) in [5.74, 6) is 3.24. The molecule has 2 amide bonds. The van der Waals surface area contributed by atoms with Gasteiger partial charge in [-0.1, -0.05) is 5.92 Å². The molecule has 5 heteroatoms. The van der Waals surface area contributed by atoms with E-state index in [1.54, 1.807) is 0 Å². The number of H-pyrrole nitrogens is 1. The summed E-state index contributed by atoms with van der Waals surface area (Å²) in [6.07, 6.45) is 9.95. The molecule has 5 nitrogen and oxygen atoms in total. The largest absolute Gasteiger partial charge is 0.361 e. The van der Waals surface area contributed by atoms with E-state index in [1.165, 1.54) is 16.5 Å². The lowest BCUT2D eigenvalue weighted by atomic mass is 9.72. The number of carbonyl (C=O) groups is 1. The molecule has 2 aliphatic rings. The number of hydrogen-bond donors (Lipinski definition) is 2. The number of likely N-dealkylation sites (N-methyl/N-ethyl adjacent to an activating group) is 1. The standard InChI is InChI=1S/C22H28N4O/c1-5-14-8-9-18-21-15(12-23-18)10-19-17(20(14)21)11-16(13-25(19)4)24-22(27)26(6-2)7-3/h1,8-9,12,16-17,19,23H,6-7,10-11,13H2,2-4H3,(H,24,27)/t16-,17-,19+/m0/s1. The molecule has 0 saturated carbocycles. The number of nitrogens with one attached hydrogen (secondary N) is 2. The predicted octanol–water partition coefficient (Wildman–Crippen LogP) is 2.91. The summed E-state index contributed by atoms with van der Waals surface area (Å²) in [5, 5.41) is 4.56. The van der Waals surface area contributed by atoms with Crippen molar-refractivity contribution in [2.75, 3.05) is 26.7 Å². The Bertz CT molecular complexity index is 905. The fourth-order valence-electron chi connectivity index (χ4n) is 5.04. The van der Waals surface area contributed by atoms with Gasteiger partial charge in [-0.05, 0) is 57.0 Å². The number of hydrogen-bond acceptors (Lipinski definition) is 2. The van der Waals surface area contributed by atoms with Gasteiger partial charge in [0.15, 0.2) is 0 Å². The zero-order valence-corrected chi connectivity index (χ0v) is 16.4. The fourth-order valence-corrected chi connectivity index (χ4v) is 5.04. The second-order valence-corrected chi connectivity index (χ2v) is 7.78. The van der Waals surface area contributed by atoms with Crippen molar-refractivity contribution in [3.63, 3.8) is 0 Å². The van der Waals surface area contributed by atoms with Gasteiger partial charge in [0.25, 0.3) is 0 Å².